The van der Waals surface area contributed by atoms with Crippen molar-refractivity contribution in [1.29, 1.82) is 0 Å². The van der Waals surface area contributed by atoms with Gasteiger partial charge in [-0.25, -0.2) is 4.99 Å². The largest absolute Gasteiger partial charge is 0.450 e. The van der Waals surface area contributed by atoms with Crippen molar-refractivity contribution in [3.8, 4) is 0 Å². The van der Waals surface area contributed by atoms with E-state index in [2.05, 4.69) is 11.1 Å². The minimum atomic E-state index is -0.265. The minimum absolute atomic E-state index is 0.238. The standard InChI is InChI=1S/C18H14N2O3S2/c1-2-20-17(21)14(24-18(20)22)10-12-7-8-16(23-12)25-15-9-11-5-3-4-6-13(11)19-15/h3-8,10H,2,9H2,1H3. The lowest BCUT2D eigenvalue weighted by atomic mass is 10.2. The Morgan fingerprint density at radius 1 is 1.28 bits per heavy atom. The van der Waals surface area contributed by atoms with Gasteiger partial charge in [-0.15, -0.1) is 0 Å². The molecule has 0 N–H and O–H groups in total. The second kappa shape index (κ2) is 6.57. The molecule has 0 spiro atoms. The molecule has 0 radical (unpaired) electrons. The zero-order chi connectivity index (χ0) is 17.4. The average molecular weight is 370 g/mol. The number of nitrogens with zero attached hydrogens (tertiary/aromatic N) is 2. The minimum Gasteiger partial charge on any atom is -0.450 e. The number of hydrogen-bond acceptors (Lipinski definition) is 6. The quantitative estimate of drug-likeness (QED) is 0.732. The fraction of sp³-hybridized carbons (Fsp3) is 0.167. The third-order valence-electron chi connectivity index (χ3n) is 3.86. The van der Waals surface area contributed by atoms with Gasteiger partial charge in [-0.1, -0.05) is 18.2 Å². The SMILES string of the molecule is CCN1C(=O)SC(=Cc2ccc(SC3=Nc4ccccc4C3)o2)C1=O. The van der Waals surface area contributed by atoms with Gasteiger partial charge in [0.25, 0.3) is 11.1 Å². The van der Waals surface area contributed by atoms with Gasteiger partial charge in [-0.05, 0) is 54.2 Å². The van der Waals surface area contributed by atoms with E-state index in [1.165, 1.54) is 22.2 Å². The van der Waals surface area contributed by atoms with Crippen LogP contribution in [0.15, 0.2) is 55.8 Å². The van der Waals surface area contributed by atoms with Crippen molar-refractivity contribution in [1.82, 2.24) is 4.90 Å². The van der Waals surface area contributed by atoms with E-state index in [1.54, 1.807) is 19.1 Å². The van der Waals surface area contributed by atoms with Crippen molar-refractivity contribution in [2.75, 3.05) is 6.54 Å². The molecule has 0 saturated carbocycles. The van der Waals surface area contributed by atoms with E-state index in [1.807, 2.05) is 24.3 Å². The van der Waals surface area contributed by atoms with Crippen LogP contribution >= 0.6 is 23.5 Å². The second-order valence-electron chi connectivity index (χ2n) is 5.50. The lowest BCUT2D eigenvalue weighted by Crippen LogP contribution is -2.27. The second-order valence-corrected chi connectivity index (χ2v) is 7.57. The molecule has 1 aromatic carbocycles. The van der Waals surface area contributed by atoms with E-state index < -0.39 is 0 Å². The molecule has 3 heterocycles. The van der Waals surface area contributed by atoms with Gasteiger partial charge in [-0.2, -0.15) is 0 Å². The van der Waals surface area contributed by atoms with Crippen LogP contribution in [0.25, 0.3) is 6.08 Å². The maximum absolute atomic E-state index is 12.1. The number of likely N-dealkylation sites (N-methyl/N-ethyl adjacent to an activating group) is 1. The Kier molecular flexibility index (Phi) is 4.27. The van der Waals surface area contributed by atoms with Gasteiger partial charge in [0.05, 0.1) is 15.6 Å². The summed E-state index contributed by atoms with van der Waals surface area (Å²) in [6.07, 6.45) is 2.42. The predicted octanol–water partition coefficient (Wildman–Crippen LogP) is 4.71. The van der Waals surface area contributed by atoms with Crippen LogP contribution in [0.5, 0.6) is 0 Å². The number of amides is 2. The third kappa shape index (κ3) is 3.17. The molecule has 2 aliphatic heterocycles. The Hall–Kier alpha value is -2.25. The van der Waals surface area contributed by atoms with Crippen LogP contribution < -0.4 is 0 Å². The summed E-state index contributed by atoms with van der Waals surface area (Å²) in [4.78, 5) is 30.1. The topological polar surface area (TPSA) is 62.9 Å². The fourth-order valence-corrected chi connectivity index (χ4v) is 4.41. The summed E-state index contributed by atoms with van der Waals surface area (Å²) in [5.74, 6) is 0.291. The number of rotatable bonds is 3. The first-order valence-electron chi connectivity index (χ1n) is 7.82. The Morgan fingerprint density at radius 2 is 2.12 bits per heavy atom. The molecule has 25 heavy (non-hydrogen) atoms. The van der Waals surface area contributed by atoms with Crippen molar-refractivity contribution in [3.63, 3.8) is 0 Å². The highest BCUT2D eigenvalue weighted by Crippen LogP contribution is 2.35. The summed E-state index contributed by atoms with van der Waals surface area (Å²) in [7, 11) is 0. The van der Waals surface area contributed by atoms with Crippen LogP contribution in [0.2, 0.25) is 0 Å². The molecule has 0 atom stereocenters. The number of para-hydroxylation sites is 1. The van der Waals surface area contributed by atoms with Crippen LogP contribution in [-0.2, 0) is 11.2 Å². The van der Waals surface area contributed by atoms with Gasteiger partial charge in [-0.3, -0.25) is 14.5 Å². The molecule has 0 unspecified atom stereocenters. The zero-order valence-electron chi connectivity index (χ0n) is 13.4. The summed E-state index contributed by atoms with van der Waals surface area (Å²) in [5, 5.41) is 1.46. The van der Waals surface area contributed by atoms with Gasteiger partial charge >= 0.3 is 0 Å². The molecule has 1 fully saturated rings. The van der Waals surface area contributed by atoms with Crippen molar-refractivity contribution in [2.24, 2.45) is 4.99 Å². The summed E-state index contributed by atoms with van der Waals surface area (Å²) < 4.78 is 5.77. The monoisotopic (exact) mass is 370 g/mol. The molecule has 0 bridgehead atoms. The molecule has 2 amide bonds. The number of aliphatic imine (C=N–C) groups is 1. The molecule has 7 heteroatoms. The summed E-state index contributed by atoms with van der Waals surface area (Å²) >= 11 is 2.42. The van der Waals surface area contributed by atoms with Crippen molar-refractivity contribution >= 4 is 51.5 Å². The average Bonchev–Trinajstić information content (AvgIpc) is 3.27. The molecule has 2 aromatic rings. The van der Waals surface area contributed by atoms with Gasteiger partial charge < -0.3 is 4.42 Å². The first-order valence-corrected chi connectivity index (χ1v) is 9.46. The first kappa shape index (κ1) is 16.2. The van der Waals surface area contributed by atoms with Crippen LogP contribution in [-0.4, -0.2) is 27.6 Å². The predicted molar refractivity (Wildman–Crippen MR) is 100 cm³/mol. The highest BCUT2D eigenvalue weighted by atomic mass is 32.2. The Balaban J connectivity index is 1.48. The van der Waals surface area contributed by atoms with Gasteiger partial charge in [0.2, 0.25) is 0 Å². The molecule has 5 nitrogen and oxygen atoms in total. The Labute approximate surface area is 153 Å². The molecule has 126 valence electrons. The molecule has 0 aliphatic carbocycles. The van der Waals surface area contributed by atoms with Crippen LogP contribution in [0, 0.1) is 0 Å². The Morgan fingerprint density at radius 3 is 2.88 bits per heavy atom. The normalized spacial score (nSPS) is 18.2. The highest BCUT2D eigenvalue weighted by Gasteiger charge is 2.33. The van der Waals surface area contributed by atoms with Crippen LogP contribution in [0.1, 0.15) is 18.2 Å². The van der Waals surface area contributed by atoms with Crippen molar-refractivity contribution < 1.29 is 14.0 Å². The van der Waals surface area contributed by atoms with Gasteiger partial charge in [0.1, 0.15) is 5.76 Å². The summed E-state index contributed by atoms with van der Waals surface area (Å²) in [6.45, 7) is 2.16. The number of carbonyl (C=O) groups excluding carboxylic acids is 2. The molecule has 2 aliphatic rings. The smallest absolute Gasteiger partial charge is 0.293 e. The lowest BCUT2D eigenvalue weighted by Gasteiger charge is -2.06. The zero-order valence-corrected chi connectivity index (χ0v) is 15.0. The van der Waals surface area contributed by atoms with E-state index in [9.17, 15) is 9.59 Å². The van der Waals surface area contributed by atoms with Crippen LogP contribution in [0.3, 0.4) is 0 Å². The number of imide groups is 1. The van der Waals surface area contributed by atoms with E-state index in [4.69, 9.17) is 4.42 Å². The van der Waals surface area contributed by atoms with Crippen LogP contribution in [0.4, 0.5) is 10.5 Å². The van der Waals surface area contributed by atoms with Crippen molar-refractivity contribution in [3.05, 3.63) is 52.6 Å². The molecular weight excluding hydrogens is 356 g/mol. The van der Waals surface area contributed by atoms with E-state index in [0.717, 1.165) is 28.9 Å². The Bertz CT molecular complexity index is 930. The lowest BCUT2D eigenvalue weighted by molar-refractivity contribution is -0.122. The molecule has 1 aromatic heterocycles. The number of hydrogen-bond donors (Lipinski definition) is 0. The molecule has 4 rings (SSSR count). The third-order valence-corrected chi connectivity index (χ3v) is 5.66. The molecule has 1 saturated heterocycles. The summed E-state index contributed by atoms with van der Waals surface area (Å²) in [6, 6.07) is 11.7. The fourth-order valence-electron chi connectivity index (χ4n) is 2.65. The number of carbonyl (C=O) groups is 2. The number of furan rings is 1. The maximum Gasteiger partial charge on any atom is 0.293 e. The van der Waals surface area contributed by atoms with E-state index in [-0.39, 0.29) is 11.1 Å². The summed E-state index contributed by atoms with van der Waals surface area (Å²) in [5.41, 5.74) is 2.22. The number of fused-ring (bicyclic) bond motifs is 1. The highest BCUT2D eigenvalue weighted by molar-refractivity contribution is 8.18. The maximum atomic E-state index is 12.1. The number of benzene rings is 1. The van der Waals surface area contributed by atoms with Gasteiger partial charge in [0.15, 0.2) is 5.09 Å². The van der Waals surface area contributed by atoms with E-state index >= 15 is 0 Å². The first-order chi connectivity index (χ1) is 12.1. The van der Waals surface area contributed by atoms with E-state index in [0.29, 0.717) is 22.3 Å². The molecular formula is C18H14N2O3S2. The number of thioether (sulfide) groups is 2. The van der Waals surface area contributed by atoms with Crippen molar-refractivity contribution in [2.45, 2.75) is 18.4 Å². The van der Waals surface area contributed by atoms with Gasteiger partial charge in [0, 0.05) is 19.0 Å².